The van der Waals surface area contributed by atoms with Gasteiger partial charge in [-0.3, -0.25) is 0 Å². The van der Waals surface area contributed by atoms with Crippen LogP contribution in [0.25, 0.3) is 23.0 Å². The van der Waals surface area contributed by atoms with Crippen molar-refractivity contribution in [1.29, 1.82) is 0 Å². The topological polar surface area (TPSA) is 53.1 Å². The first-order valence-corrected chi connectivity index (χ1v) is 14.6. The van der Waals surface area contributed by atoms with Gasteiger partial charge in [0.15, 0.2) is 0 Å². The van der Waals surface area contributed by atoms with Crippen molar-refractivity contribution >= 4 is 23.3 Å². The maximum absolute atomic E-state index is 13.9. The van der Waals surface area contributed by atoms with Crippen LogP contribution in [0.3, 0.4) is 0 Å². The molecule has 1 aromatic carbocycles. The SMILES string of the molecule is CC/C=C(/C)N1CCC(c2ccc(Nc3nc(-c4cnc(F)c(C)c4)cc4c3C(=CCCC)NC=C4)cc2)CC1. The van der Waals surface area contributed by atoms with Crippen LogP contribution >= 0.6 is 0 Å². The van der Waals surface area contributed by atoms with Crippen molar-refractivity contribution in [3.05, 3.63) is 94.8 Å². The Morgan fingerprint density at radius 1 is 1.15 bits per heavy atom. The minimum absolute atomic E-state index is 0.452. The summed E-state index contributed by atoms with van der Waals surface area (Å²) in [6.45, 7) is 10.6. The Hall–Kier alpha value is -3.93. The van der Waals surface area contributed by atoms with E-state index in [1.807, 2.05) is 6.20 Å². The number of allylic oxidation sites excluding steroid dienone is 3. The van der Waals surface area contributed by atoms with Gasteiger partial charge in [0.05, 0.1) is 5.69 Å². The number of piperidine rings is 1. The van der Waals surface area contributed by atoms with E-state index in [9.17, 15) is 4.39 Å². The van der Waals surface area contributed by atoms with Crippen molar-refractivity contribution in [3.8, 4) is 11.3 Å². The molecule has 6 heteroatoms. The number of anilines is 2. The summed E-state index contributed by atoms with van der Waals surface area (Å²) in [5.74, 6) is 0.904. The standard InChI is InChI=1S/C34H40FN5/c1-5-7-9-30-32-27(14-17-36-30)21-31(28-20-23(3)33(35)37-22-28)39-34(32)38-29-12-10-25(11-13-29)26-15-18-40(19-16-26)24(4)8-6-2/h8-14,17,20-22,26,36H,5-7,15-16,18-19H2,1-4H3,(H,38,39)/b24-8-,30-9?. The van der Waals surface area contributed by atoms with Gasteiger partial charge in [-0.1, -0.05) is 44.6 Å². The monoisotopic (exact) mass is 537 g/mol. The molecule has 1 saturated heterocycles. The van der Waals surface area contributed by atoms with Crippen molar-refractivity contribution in [2.45, 2.75) is 65.7 Å². The van der Waals surface area contributed by atoms with E-state index in [2.05, 4.69) is 89.8 Å². The van der Waals surface area contributed by atoms with E-state index in [1.165, 1.54) is 24.1 Å². The summed E-state index contributed by atoms with van der Waals surface area (Å²) in [6.07, 6.45) is 15.6. The molecule has 2 N–H and O–H groups in total. The predicted octanol–water partition coefficient (Wildman–Crippen LogP) is 8.54. The van der Waals surface area contributed by atoms with E-state index in [-0.39, 0.29) is 0 Å². The Morgan fingerprint density at radius 2 is 1.93 bits per heavy atom. The highest BCUT2D eigenvalue weighted by molar-refractivity contribution is 5.87. The van der Waals surface area contributed by atoms with Crippen LogP contribution in [0.15, 0.2) is 66.6 Å². The predicted molar refractivity (Wildman–Crippen MR) is 165 cm³/mol. The van der Waals surface area contributed by atoms with Crippen molar-refractivity contribution in [2.75, 3.05) is 18.4 Å². The highest BCUT2D eigenvalue weighted by Gasteiger charge is 2.22. The van der Waals surface area contributed by atoms with Crippen LogP contribution in [0.1, 0.15) is 81.0 Å². The number of nitrogens with one attached hydrogen (secondary N) is 2. The van der Waals surface area contributed by atoms with Gasteiger partial charge < -0.3 is 15.5 Å². The second-order valence-corrected chi connectivity index (χ2v) is 10.8. The first-order valence-electron chi connectivity index (χ1n) is 14.6. The zero-order valence-electron chi connectivity index (χ0n) is 24.1. The average molecular weight is 538 g/mol. The molecule has 0 spiro atoms. The van der Waals surface area contributed by atoms with Gasteiger partial charge >= 0.3 is 0 Å². The second-order valence-electron chi connectivity index (χ2n) is 10.8. The van der Waals surface area contributed by atoms with Gasteiger partial charge in [0.1, 0.15) is 5.82 Å². The van der Waals surface area contributed by atoms with Crippen LogP contribution in [0, 0.1) is 12.9 Å². The molecule has 2 aliphatic rings. The van der Waals surface area contributed by atoms with Gasteiger partial charge in [0.25, 0.3) is 0 Å². The van der Waals surface area contributed by atoms with Crippen LogP contribution in [0.4, 0.5) is 15.9 Å². The molecule has 5 rings (SSSR count). The zero-order chi connectivity index (χ0) is 28.1. The molecule has 2 aromatic heterocycles. The van der Waals surface area contributed by atoms with E-state index >= 15 is 0 Å². The van der Waals surface area contributed by atoms with Gasteiger partial charge in [0, 0.05) is 59.3 Å². The molecule has 0 bridgehead atoms. The number of rotatable bonds is 8. The van der Waals surface area contributed by atoms with Crippen LogP contribution < -0.4 is 10.6 Å². The Morgan fingerprint density at radius 3 is 2.62 bits per heavy atom. The Labute approximate surface area is 237 Å². The summed E-state index contributed by atoms with van der Waals surface area (Å²) < 4.78 is 13.9. The van der Waals surface area contributed by atoms with Crippen LogP contribution in [0.2, 0.25) is 0 Å². The van der Waals surface area contributed by atoms with Crippen LogP contribution in [0.5, 0.6) is 0 Å². The molecule has 0 aliphatic carbocycles. The second kappa shape index (κ2) is 12.5. The quantitative estimate of drug-likeness (QED) is 0.282. The molecule has 1 fully saturated rings. The lowest BCUT2D eigenvalue weighted by molar-refractivity contribution is 0.263. The van der Waals surface area contributed by atoms with Crippen LogP contribution in [-0.4, -0.2) is 28.0 Å². The van der Waals surface area contributed by atoms with E-state index in [0.29, 0.717) is 11.5 Å². The van der Waals surface area contributed by atoms with Gasteiger partial charge in [-0.15, -0.1) is 0 Å². The highest BCUT2D eigenvalue weighted by atomic mass is 19.1. The third-order valence-corrected chi connectivity index (χ3v) is 7.91. The number of aromatic nitrogens is 2. The number of halogens is 1. The summed E-state index contributed by atoms with van der Waals surface area (Å²) >= 11 is 0. The molecule has 0 saturated carbocycles. The molecule has 5 nitrogen and oxygen atoms in total. The molecule has 40 heavy (non-hydrogen) atoms. The van der Waals surface area contributed by atoms with Crippen molar-refractivity contribution in [1.82, 2.24) is 20.2 Å². The molecule has 0 atom stereocenters. The molecule has 3 aromatic rings. The summed E-state index contributed by atoms with van der Waals surface area (Å²) in [7, 11) is 0. The van der Waals surface area contributed by atoms with Gasteiger partial charge in [0.2, 0.25) is 5.95 Å². The fourth-order valence-electron chi connectivity index (χ4n) is 5.62. The maximum atomic E-state index is 13.9. The molecular weight excluding hydrogens is 497 g/mol. The molecule has 2 aliphatic heterocycles. The largest absolute Gasteiger partial charge is 0.375 e. The molecule has 0 unspecified atom stereocenters. The number of unbranched alkanes of at least 4 members (excludes halogenated alkanes) is 1. The van der Waals surface area contributed by atoms with Crippen molar-refractivity contribution in [2.24, 2.45) is 0 Å². The highest BCUT2D eigenvalue weighted by Crippen LogP contribution is 2.36. The first kappa shape index (κ1) is 27.6. The summed E-state index contributed by atoms with van der Waals surface area (Å²) in [5, 5.41) is 7.02. The third kappa shape index (κ3) is 6.11. The molecule has 208 valence electrons. The van der Waals surface area contributed by atoms with Gasteiger partial charge in [-0.05, 0) is 86.9 Å². The number of pyridine rings is 2. The number of aryl methyl sites for hydroxylation is 1. The van der Waals surface area contributed by atoms with E-state index < -0.39 is 5.95 Å². The molecule has 4 heterocycles. The van der Waals surface area contributed by atoms with Crippen molar-refractivity contribution < 1.29 is 4.39 Å². The number of hydrogen-bond donors (Lipinski definition) is 2. The molecule has 0 amide bonds. The molecular formula is C34H40FN5. The number of fused-ring (bicyclic) bond motifs is 1. The fraction of sp³-hybridized carbons (Fsp3) is 0.353. The first-order chi connectivity index (χ1) is 19.5. The Balaban J connectivity index is 1.42. The Kier molecular flexibility index (Phi) is 8.63. The van der Waals surface area contributed by atoms with E-state index in [4.69, 9.17) is 4.98 Å². The number of likely N-dealkylation sites (tertiary alicyclic amines) is 1. The lowest BCUT2D eigenvalue weighted by Gasteiger charge is -2.34. The minimum atomic E-state index is -0.452. The van der Waals surface area contributed by atoms with E-state index in [0.717, 1.165) is 71.9 Å². The lowest BCUT2D eigenvalue weighted by atomic mass is 9.89. The minimum Gasteiger partial charge on any atom is -0.375 e. The van der Waals surface area contributed by atoms with Crippen molar-refractivity contribution in [3.63, 3.8) is 0 Å². The van der Waals surface area contributed by atoms with Gasteiger partial charge in [-0.2, -0.15) is 4.39 Å². The Bertz CT molecular complexity index is 1430. The smallest absolute Gasteiger partial charge is 0.215 e. The number of benzene rings is 1. The third-order valence-electron chi connectivity index (χ3n) is 7.91. The van der Waals surface area contributed by atoms with E-state index in [1.54, 1.807) is 19.2 Å². The number of hydrogen-bond acceptors (Lipinski definition) is 5. The molecule has 0 radical (unpaired) electrons. The lowest BCUT2D eigenvalue weighted by Crippen LogP contribution is -2.31. The summed E-state index contributed by atoms with van der Waals surface area (Å²) in [6, 6.07) is 12.7. The number of nitrogens with zero attached hydrogens (tertiary/aromatic N) is 3. The summed E-state index contributed by atoms with van der Waals surface area (Å²) in [5.41, 5.74) is 9.00. The van der Waals surface area contributed by atoms with Crippen LogP contribution in [-0.2, 0) is 0 Å². The van der Waals surface area contributed by atoms with Gasteiger partial charge in [-0.25, -0.2) is 9.97 Å². The zero-order valence-corrected chi connectivity index (χ0v) is 24.1. The average Bonchev–Trinajstić information content (AvgIpc) is 2.98. The maximum Gasteiger partial charge on any atom is 0.215 e. The normalized spacial score (nSPS) is 16.7. The fourth-order valence-corrected chi connectivity index (χ4v) is 5.62. The summed E-state index contributed by atoms with van der Waals surface area (Å²) in [4.78, 5) is 11.5.